The second-order valence-corrected chi connectivity index (χ2v) is 15.6. The Labute approximate surface area is 336 Å². The molecule has 4 amide bonds. The Hall–Kier alpha value is -5.14. The number of aryl methyl sites for hydroxylation is 2. The number of carbonyl (C=O) groups excluding carboxylic acids is 4. The van der Waals surface area contributed by atoms with Crippen molar-refractivity contribution in [3.63, 3.8) is 0 Å². The van der Waals surface area contributed by atoms with Gasteiger partial charge in [-0.25, -0.2) is 9.59 Å². The fraction of sp³-hybridized carbons (Fsp3) is 0.500. The van der Waals surface area contributed by atoms with Crippen molar-refractivity contribution in [1.29, 1.82) is 0 Å². The van der Waals surface area contributed by atoms with Gasteiger partial charge in [-0.3, -0.25) is 19.4 Å². The number of hydrogen-bond acceptors (Lipinski definition) is 9. The quantitative estimate of drug-likeness (QED) is 0.214. The number of urea groups is 1. The van der Waals surface area contributed by atoms with Gasteiger partial charge in [-0.05, 0) is 86.4 Å². The second kappa shape index (κ2) is 18.9. The molecule has 13 nitrogen and oxygen atoms in total. The highest BCUT2D eigenvalue weighted by Gasteiger charge is 2.37. The monoisotopic (exact) mass is 782 g/mol. The summed E-state index contributed by atoms with van der Waals surface area (Å²) in [7, 11) is 0. The Kier molecular flexibility index (Phi) is 13.7. The SMILES string of the molecule is C.Cc1cc(C[C@@H](OC(=O)N2CCC(N3CCc4ccccc4NC3=O)CC2)C(=O)N2CCC(N3CCN(CC(=O)Oc4ccccc4)CC3)CC2)cc(C)c1O. The van der Waals surface area contributed by atoms with Gasteiger partial charge in [0.1, 0.15) is 11.5 Å². The van der Waals surface area contributed by atoms with Crippen molar-refractivity contribution in [2.24, 2.45) is 0 Å². The molecule has 3 saturated heterocycles. The van der Waals surface area contributed by atoms with Crippen LogP contribution in [0.15, 0.2) is 66.7 Å². The molecule has 13 heteroatoms. The van der Waals surface area contributed by atoms with Crippen molar-refractivity contribution in [3.8, 4) is 11.5 Å². The number of nitrogens with zero attached hydrogens (tertiary/aromatic N) is 5. The van der Waals surface area contributed by atoms with E-state index in [0.717, 1.165) is 62.3 Å². The largest absolute Gasteiger partial charge is 0.507 e. The number of likely N-dealkylation sites (tertiary alicyclic amines) is 2. The molecule has 4 aliphatic heterocycles. The zero-order valence-corrected chi connectivity index (χ0v) is 32.5. The van der Waals surface area contributed by atoms with Gasteiger partial charge in [0, 0.05) is 83.1 Å². The number of amides is 4. The molecule has 0 unspecified atom stereocenters. The molecule has 0 aromatic heterocycles. The minimum Gasteiger partial charge on any atom is -0.507 e. The third-order valence-electron chi connectivity index (χ3n) is 11.8. The standard InChI is InChI=1S/C43H54N6O7.CH4/c1-30-26-32(27-31(2)40(30)51)28-38(56-43(54)48-19-15-35(16-20-48)49-21-12-33-8-6-7-11-37(33)44-42(49)53)41(52)47-17-13-34(14-18-47)46-24-22-45(23-25-46)29-39(50)55-36-9-4-3-5-10-36;/h3-11,26-27,34-35,38,51H,12-25,28-29H2,1-2H3,(H,44,53);1H4/t38-;/m1./s1. The van der Waals surface area contributed by atoms with Crippen LogP contribution in [-0.2, 0) is 27.2 Å². The maximum absolute atomic E-state index is 14.2. The van der Waals surface area contributed by atoms with Crippen LogP contribution in [0.2, 0.25) is 0 Å². The van der Waals surface area contributed by atoms with E-state index in [-0.39, 0.29) is 50.1 Å². The number of anilines is 1. The maximum atomic E-state index is 14.2. The number of piperidine rings is 2. The predicted octanol–water partition coefficient (Wildman–Crippen LogP) is 5.46. The Balaban J connectivity index is 0.00000549. The normalized spacial score (nSPS) is 19.1. The first-order valence-corrected chi connectivity index (χ1v) is 20.0. The van der Waals surface area contributed by atoms with Crippen LogP contribution in [-0.4, -0.2) is 137 Å². The molecular formula is C44H58N6O7. The maximum Gasteiger partial charge on any atom is 0.410 e. The summed E-state index contributed by atoms with van der Waals surface area (Å²) in [6.45, 7) is 9.67. The Morgan fingerprint density at radius 3 is 2.09 bits per heavy atom. The number of piperazine rings is 1. The van der Waals surface area contributed by atoms with Crippen LogP contribution in [0, 0.1) is 13.8 Å². The first-order valence-electron chi connectivity index (χ1n) is 20.0. The molecule has 0 saturated carbocycles. The topological polar surface area (TPSA) is 135 Å². The lowest BCUT2D eigenvalue weighted by Crippen LogP contribution is -2.55. The van der Waals surface area contributed by atoms with Gasteiger partial charge in [-0.1, -0.05) is 56.0 Å². The molecule has 7 rings (SSSR count). The smallest absolute Gasteiger partial charge is 0.410 e. The summed E-state index contributed by atoms with van der Waals surface area (Å²) in [4.78, 5) is 63.5. The van der Waals surface area contributed by atoms with Crippen LogP contribution in [0.4, 0.5) is 15.3 Å². The summed E-state index contributed by atoms with van der Waals surface area (Å²) >= 11 is 0. The summed E-state index contributed by atoms with van der Waals surface area (Å²) < 4.78 is 11.6. The number of aromatic hydroxyl groups is 1. The number of rotatable bonds is 9. The van der Waals surface area contributed by atoms with Crippen LogP contribution in [0.5, 0.6) is 11.5 Å². The molecular weight excluding hydrogens is 725 g/mol. The van der Waals surface area contributed by atoms with Crippen LogP contribution in [0.1, 0.15) is 55.4 Å². The number of phenolic OH excluding ortho intramolecular Hbond substituents is 1. The Morgan fingerprint density at radius 1 is 0.789 bits per heavy atom. The van der Waals surface area contributed by atoms with Crippen molar-refractivity contribution < 1.29 is 33.8 Å². The van der Waals surface area contributed by atoms with Gasteiger partial charge in [-0.15, -0.1) is 0 Å². The highest BCUT2D eigenvalue weighted by Crippen LogP contribution is 2.28. The molecule has 0 aliphatic carbocycles. The summed E-state index contributed by atoms with van der Waals surface area (Å²) in [5, 5.41) is 13.5. The number of hydrogen-bond donors (Lipinski definition) is 2. The third kappa shape index (κ3) is 10.2. The van der Waals surface area contributed by atoms with Crippen LogP contribution in [0.3, 0.4) is 0 Å². The Morgan fingerprint density at radius 2 is 1.40 bits per heavy atom. The molecule has 3 aromatic carbocycles. The molecule has 3 aromatic rings. The van der Waals surface area contributed by atoms with Gasteiger partial charge >= 0.3 is 18.1 Å². The molecule has 0 bridgehead atoms. The van der Waals surface area contributed by atoms with E-state index in [1.165, 1.54) is 0 Å². The first kappa shape index (κ1) is 41.5. The zero-order valence-electron chi connectivity index (χ0n) is 32.5. The molecule has 4 heterocycles. The van der Waals surface area contributed by atoms with Gasteiger partial charge in [0.2, 0.25) is 0 Å². The number of para-hydroxylation sites is 2. The predicted molar refractivity (Wildman–Crippen MR) is 218 cm³/mol. The minimum absolute atomic E-state index is 0. The fourth-order valence-corrected chi connectivity index (χ4v) is 8.63. The van der Waals surface area contributed by atoms with Crippen molar-refractivity contribution in [2.45, 2.75) is 78.0 Å². The number of carbonyl (C=O) groups is 4. The van der Waals surface area contributed by atoms with E-state index >= 15 is 0 Å². The molecule has 57 heavy (non-hydrogen) atoms. The van der Waals surface area contributed by atoms with Gasteiger partial charge in [0.15, 0.2) is 6.10 Å². The van der Waals surface area contributed by atoms with E-state index in [1.807, 2.05) is 78.2 Å². The number of ether oxygens (including phenoxy) is 2. The van der Waals surface area contributed by atoms with Gasteiger partial charge < -0.3 is 34.6 Å². The first-order chi connectivity index (χ1) is 27.1. The van der Waals surface area contributed by atoms with E-state index in [1.54, 1.807) is 17.0 Å². The number of benzene rings is 3. The van der Waals surface area contributed by atoms with E-state index in [0.29, 0.717) is 68.5 Å². The minimum atomic E-state index is -1.02. The van der Waals surface area contributed by atoms with E-state index in [4.69, 9.17) is 9.47 Å². The van der Waals surface area contributed by atoms with E-state index in [9.17, 15) is 24.3 Å². The number of esters is 1. The third-order valence-corrected chi connectivity index (χ3v) is 11.8. The average Bonchev–Trinajstić information content (AvgIpc) is 3.38. The molecule has 2 N–H and O–H groups in total. The van der Waals surface area contributed by atoms with E-state index < -0.39 is 12.2 Å². The number of phenols is 1. The van der Waals surface area contributed by atoms with Crippen LogP contribution >= 0.6 is 0 Å². The van der Waals surface area contributed by atoms with E-state index in [2.05, 4.69) is 15.1 Å². The lowest BCUT2D eigenvalue weighted by atomic mass is 9.98. The fourth-order valence-electron chi connectivity index (χ4n) is 8.63. The summed E-state index contributed by atoms with van der Waals surface area (Å²) in [6.07, 6.45) is 2.27. The highest BCUT2D eigenvalue weighted by atomic mass is 16.6. The van der Waals surface area contributed by atoms with Crippen LogP contribution < -0.4 is 10.1 Å². The van der Waals surface area contributed by atoms with Crippen molar-refractivity contribution in [1.82, 2.24) is 24.5 Å². The Bertz CT molecular complexity index is 1840. The molecule has 4 aliphatic rings. The molecule has 0 spiro atoms. The number of nitrogens with one attached hydrogen (secondary N) is 1. The molecule has 306 valence electrons. The van der Waals surface area contributed by atoms with Crippen LogP contribution in [0.25, 0.3) is 0 Å². The summed E-state index contributed by atoms with van der Waals surface area (Å²) in [5.41, 5.74) is 4.18. The van der Waals surface area contributed by atoms with Crippen molar-refractivity contribution >= 4 is 29.7 Å². The molecule has 1 atom stereocenters. The summed E-state index contributed by atoms with van der Waals surface area (Å²) in [6, 6.07) is 20.9. The van der Waals surface area contributed by atoms with Gasteiger partial charge in [-0.2, -0.15) is 0 Å². The average molecular weight is 783 g/mol. The molecule has 0 radical (unpaired) electrons. The lowest BCUT2D eigenvalue weighted by Gasteiger charge is -2.43. The van der Waals surface area contributed by atoms with Crippen molar-refractivity contribution in [2.75, 3.05) is 70.8 Å². The summed E-state index contributed by atoms with van der Waals surface area (Å²) in [5.74, 6) is 0.295. The van der Waals surface area contributed by atoms with Gasteiger partial charge in [0.05, 0.1) is 6.54 Å². The highest BCUT2D eigenvalue weighted by molar-refractivity contribution is 5.91. The number of fused-ring (bicyclic) bond motifs is 1. The second-order valence-electron chi connectivity index (χ2n) is 15.6. The molecule has 3 fully saturated rings. The van der Waals surface area contributed by atoms with Crippen molar-refractivity contribution in [3.05, 3.63) is 89.0 Å². The lowest BCUT2D eigenvalue weighted by molar-refractivity contribution is -0.142. The van der Waals surface area contributed by atoms with Gasteiger partial charge in [0.25, 0.3) is 5.91 Å². The zero-order chi connectivity index (χ0) is 39.2.